The summed E-state index contributed by atoms with van der Waals surface area (Å²) in [4.78, 5) is 3.85. The first-order valence-corrected chi connectivity index (χ1v) is 2.77. The van der Waals surface area contributed by atoms with Crippen LogP contribution in [-0.4, -0.2) is 26.1 Å². The van der Waals surface area contributed by atoms with Crippen LogP contribution in [0.1, 0.15) is 0 Å². The molecule has 9 heavy (non-hydrogen) atoms. The number of hydrogen-bond donors (Lipinski definition) is 0. The van der Waals surface area contributed by atoms with E-state index >= 15 is 0 Å². The highest BCUT2D eigenvalue weighted by Crippen LogP contribution is 1.68. The van der Waals surface area contributed by atoms with Crippen molar-refractivity contribution in [3.63, 3.8) is 0 Å². The summed E-state index contributed by atoms with van der Waals surface area (Å²) < 4.78 is 4.75. The van der Waals surface area contributed by atoms with Gasteiger partial charge in [0.2, 0.25) is 0 Å². The lowest BCUT2D eigenvalue weighted by Gasteiger charge is -1.86. The first-order chi connectivity index (χ1) is 4.41. The van der Waals surface area contributed by atoms with Crippen molar-refractivity contribution in [2.24, 2.45) is 4.99 Å². The van der Waals surface area contributed by atoms with Gasteiger partial charge in [-0.05, 0) is 11.9 Å². The molecule has 50 valence electrons. The van der Waals surface area contributed by atoms with Crippen LogP contribution in [0.5, 0.6) is 0 Å². The maximum Gasteiger partial charge on any atom is 0.0718 e. The Morgan fingerprint density at radius 2 is 2.56 bits per heavy atom. The number of allylic oxidation sites excluding steroid dienone is 2. The number of methoxy groups -OCH3 is 1. The molecule has 0 aromatic heterocycles. The first-order valence-electron chi connectivity index (χ1n) is 2.77. The minimum absolute atomic E-state index is 0.651. The molecule has 0 aromatic rings. The molecule has 0 saturated heterocycles. The van der Waals surface area contributed by atoms with Crippen molar-refractivity contribution in [2.75, 3.05) is 20.3 Å². The summed E-state index contributed by atoms with van der Waals surface area (Å²) in [7, 11) is 1.65. The molecule has 0 atom stereocenters. The minimum atomic E-state index is 0.651. The zero-order chi connectivity index (χ0) is 6.95. The van der Waals surface area contributed by atoms with Gasteiger partial charge in [0.1, 0.15) is 0 Å². The van der Waals surface area contributed by atoms with Gasteiger partial charge in [0.05, 0.1) is 13.2 Å². The molecule has 0 saturated carbocycles. The lowest BCUT2D eigenvalue weighted by atomic mass is 10.6. The van der Waals surface area contributed by atoms with Gasteiger partial charge in [0.15, 0.2) is 0 Å². The second-order valence-electron chi connectivity index (χ2n) is 1.41. The second-order valence-corrected chi connectivity index (χ2v) is 1.41. The molecule has 0 spiro atoms. The largest absolute Gasteiger partial charge is 0.383 e. The van der Waals surface area contributed by atoms with E-state index in [0.717, 1.165) is 0 Å². The third kappa shape index (κ3) is 7.15. The lowest BCUT2D eigenvalue weighted by molar-refractivity contribution is 0.208. The Morgan fingerprint density at radius 1 is 1.78 bits per heavy atom. The van der Waals surface area contributed by atoms with Crippen LogP contribution in [0.15, 0.2) is 23.7 Å². The average molecular weight is 125 g/mol. The van der Waals surface area contributed by atoms with Crippen LogP contribution >= 0.6 is 0 Å². The highest BCUT2D eigenvalue weighted by atomic mass is 16.5. The van der Waals surface area contributed by atoms with Crippen LogP contribution in [0.25, 0.3) is 0 Å². The van der Waals surface area contributed by atoms with Crippen LogP contribution in [0.4, 0.5) is 0 Å². The minimum Gasteiger partial charge on any atom is -0.383 e. The van der Waals surface area contributed by atoms with E-state index in [2.05, 4.69) is 17.4 Å². The normalized spacial score (nSPS) is 7.67. The number of hydrogen-bond acceptors (Lipinski definition) is 2. The van der Waals surface area contributed by atoms with Crippen LogP contribution in [0, 0.1) is 0 Å². The van der Waals surface area contributed by atoms with E-state index in [1.165, 1.54) is 0 Å². The molecule has 0 bridgehead atoms. The molecule has 0 unspecified atom stereocenters. The summed E-state index contributed by atoms with van der Waals surface area (Å²) in [6.07, 6.45) is 3.30. The Morgan fingerprint density at radius 3 is 3.11 bits per heavy atom. The zero-order valence-electron chi connectivity index (χ0n) is 5.63. The second kappa shape index (κ2) is 7.15. The van der Waals surface area contributed by atoms with Crippen molar-refractivity contribution in [3.05, 3.63) is 18.7 Å². The summed E-state index contributed by atoms with van der Waals surface area (Å²) in [5.41, 5.74) is 0. The molecular formula is C7H11NO. The van der Waals surface area contributed by atoms with E-state index in [1.807, 2.05) is 0 Å². The summed E-state index contributed by atoms with van der Waals surface area (Å²) in [6.45, 7) is 4.79. The van der Waals surface area contributed by atoms with E-state index < -0.39 is 0 Å². The smallest absolute Gasteiger partial charge is 0.0718 e. The van der Waals surface area contributed by atoms with Gasteiger partial charge < -0.3 is 4.74 Å². The molecule has 0 aliphatic rings. The van der Waals surface area contributed by atoms with Crippen LogP contribution in [0.3, 0.4) is 0 Å². The van der Waals surface area contributed by atoms with Gasteiger partial charge in [-0.3, -0.25) is 0 Å². The highest BCUT2D eigenvalue weighted by Gasteiger charge is 1.72. The molecule has 0 fully saturated rings. The topological polar surface area (TPSA) is 21.6 Å². The average Bonchev–Trinajstić information content (AvgIpc) is 1.89. The van der Waals surface area contributed by atoms with Crippen LogP contribution in [0.2, 0.25) is 0 Å². The fourth-order valence-electron chi connectivity index (χ4n) is 0.307. The van der Waals surface area contributed by atoms with Gasteiger partial charge in [0.25, 0.3) is 0 Å². The molecule has 0 aromatic carbocycles. The van der Waals surface area contributed by atoms with Gasteiger partial charge in [-0.1, -0.05) is 12.7 Å². The predicted octanol–water partition coefficient (Wildman–Crippen LogP) is 1.04. The lowest BCUT2D eigenvalue weighted by Crippen LogP contribution is -1.90. The van der Waals surface area contributed by atoms with Gasteiger partial charge >= 0.3 is 0 Å². The van der Waals surface area contributed by atoms with Crippen molar-refractivity contribution >= 4 is 5.87 Å². The standard InChI is InChI=1S/C7H11NO/c1-3-4-5-8-6-7-9-2/h3-4H,1,6-7H2,2H3. The molecule has 0 radical (unpaired) electrons. The Balaban J connectivity index is 3.23. The fraction of sp³-hybridized carbons (Fsp3) is 0.429. The van der Waals surface area contributed by atoms with Gasteiger partial charge in [-0.15, -0.1) is 0 Å². The summed E-state index contributed by atoms with van der Waals surface area (Å²) in [5, 5.41) is 0. The number of aliphatic imine (C=N–C) groups is 1. The van der Waals surface area contributed by atoms with E-state index in [9.17, 15) is 0 Å². The molecule has 0 heterocycles. The predicted molar refractivity (Wildman–Crippen MR) is 38.9 cm³/mol. The molecule has 0 amide bonds. The van der Waals surface area contributed by atoms with Gasteiger partial charge in [-0.2, -0.15) is 0 Å². The monoisotopic (exact) mass is 125 g/mol. The van der Waals surface area contributed by atoms with Crippen molar-refractivity contribution in [1.29, 1.82) is 0 Å². The Bertz CT molecular complexity index is 123. The highest BCUT2D eigenvalue weighted by molar-refractivity contribution is 5.54. The maximum absolute atomic E-state index is 4.75. The van der Waals surface area contributed by atoms with Crippen molar-refractivity contribution in [1.82, 2.24) is 0 Å². The van der Waals surface area contributed by atoms with Crippen LogP contribution < -0.4 is 0 Å². The van der Waals surface area contributed by atoms with Crippen molar-refractivity contribution < 1.29 is 4.74 Å². The molecule has 0 N–H and O–H groups in total. The molecule has 2 nitrogen and oxygen atoms in total. The Hall–Kier alpha value is -0.850. The summed E-state index contributed by atoms with van der Waals surface area (Å²) in [6, 6.07) is 0. The molecular weight excluding hydrogens is 114 g/mol. The zero-order valence-corrected chi connectivity index (χ0v) is 5.63. The third-order valence-corrected chi connectivity index (χ3v) is 0.691. The third-order valence-electron chi connectivity index (χ3n) is 0.691. The number of nitrogens with zero attached hydrogens (tertiary/aromatic N) is 1. The number of ether oxygens (including phenoxy) is 1. The van der Waals surface area contributed by atoms with Crippen molar-refractivity contribution in [3.8, 4) is 0 Å². The SMILES string of the molecule is C=CC=C=NCCOC. The molecule has 0 aliphatic carbocycles. The Kier molecular flexibility index (Phi) is 6.47. The van der Waals surface area contributed by atoms with E-state index in [0.29, 0.717) is 13.2 Å². The molecule has 2 heteroatoms. The fourth-order valence-corrected chi connectivity index (χ4v) is 0.307. The van der Waals surface area contributed by atoms with E-state index in [-0.39, 0.29) is 0 Å². The summed E-state index contributed by atoms with van der Waals surface area (Å²) in [5.74, 6) is 2.67. The van der Waals surface area contributed by atoms with Crippen LogP contribution in [-0.2, 0) is 4.74 Å². The summed E-state index contributed by atoms with van der Waals surface area (Å²) >= 11 is 0. The quantitative estimate of drug-likeness (QED) is 0.312. The Labute approximate surface area is 55.6 Å². The van der Waals surface area contributed by atoms with E-state index in [4.69, 9.17) is 4.74 Å². The number of rotatable bonds is 4. The molecule has 0 aliphatic heterocycles. The van der Waals surface area contributed by atoms with Gasteiger partial charge in [0, 0.05) is 7.11 Å². The van der Waals surface area contributed by atoms with Gasteiger partial charge in [-0.25, -0.2) is 4.99 Å². The van der Waals surface area contributed by atoms with E-state index in [1.54, 1.807) is 19.3 Å². The molecule has 0 rings (SSSR count). The maximum atomic E-state index is 4.75. The first kappa shape index (κ1) is 8.15. The van der Waals surface area contributed by atoms with Crippen molar-refractivity contribution in [2.45, 2.75) is 0 Å².